The molecule has 100 valence electrons. The van der Waals surface area contributed by atoms with Crippen LogP contribution in [-0.2, 0) is 13.0 Å². The van der Waals surface area contributed by atoms with Crippen LogP contribution in [0.1, 0.15) is 24.7 Å². The number of hydrogen-bond donors (Lipinski definition) is 0. The van der Waals surface area contributed by atoms with Gasteiger partial charge in [-0.05, 0) is 28.4 Å². The molecule has 0 bridgehead atoms. The van der Waals surface area contributed by atoms with Crippen LogP contribution in [0, 0.1) is 0 Å². The zero-order chi connectivity index (χ0) is 13.7. The lowest BCUT2D eigenvalue weighted by Gasteiger charge is -2.08. The largest absolute Gasteiger partial charge is 0.473 e. The van der Waals surface area contributed by atoms with Crippen LogP contribution in [0.4, 0.5) is 0 Å². The van der Waals surface area contributed by atoms with Crippen molar-refractivity contribution >= 4 is 31.9 Å². The summed E-state index contributed by atoms with van der Waals surface area (Å²) in [4.78, 5) is 8.70. The fourth-order valence-electron chi connectivity index (χ4n) is 1.62. The van der Waals surface area contributed by atoms with Crippen molar-refractivity contribution in [2.45, 2.75) is 26.4 Å². The molecule has 3 nitrogen and oxygen atoms in total. The number of aryl methyl sites for hydroxylation is 1. The highest BCUT2D eigenvalue weighted by atomic mass is 79.9. The Morgan fingerprint density at radius 3 is 2.68 bits per heavy atom. The lowest BCUT2D eigenvalue weighted by molar-refractivity contribution is 0.291. The number of benzene rings is 1. The van der Waals surface area contributed by atoms with E-state index in [2.05, 4.69) is 48.8 Å². The molecule has 5 heteroatoms. The summed E-state index contributed by atoms with van der Waals surface area (Å²) >= 11 is 6.88. The predicted octanol–water partition coefficient (Wildman–Crippen LogP) is 4.53. The third-order valence-corrected chi connectivity index (χ3v) is 3.70. The van der Waals surface area contributed by atoms with Gasteiger partial charge in [-0.1, -0.05) is 41.1 Å². The summed E-state index contributed by atoms with van der Waals surface area (Å²) in [6.07, 6.45) is 1.87. The van der Waals surface area contributed by atoms with E-state index in [9.17, 15) is 0 Å². The van der Waals surface area contributed by atoms with Crippen molar-refractivity contribution in [2.75, 3.05) is 0 Å². The highest BCUT2D eigenvalue weighted by Gasteiger charge is 2.05. The van der Waals surface area contributed by atoms with Gasteiger partial charge in [0.25, 0.3) is 0 Å². The van der Waals surface area contributed by atoms with Gasteiger partial charge in [-0.3, -0.25) is 0 Å². The van der Waals surface area contributed by atoms with E-state index in [4.69, 9.17) is 4.74 Å². The first kappa shape index (κ1) is 14.5. The fraction of sp³-hybridized carbons (Fsp3) is 0.286. The Kier molecular flexibility index (Phi) is 5.34. The minimum absolute atomic E-state index is 0.483. The number of rotatable bonds is 5. The summed E-state index contributed by atoms with van der Waals surface area (Å²) in [5.41, 5.74) is 1.09. The predicted molar refractivity (Wildman–Crippen MR) is 82.2 cm³/mol. The van der Waals surface area contributed by atoms with E-state index < -0.39 is 0 Å². The summed E-state index contributed by atoms with van der Waals surface area (Å²) in [6.45, 7) is 2.59. The molecule has 0 saturated carbocycles. The van der Waals surface area contributed by atoms with Gasteiger partial charge in [0.1, 0.15) is 17.0 Å². The molecule has 0 amide bonds. The fourth-order valence-corrected chi connectivity index (χ4v) is 2.42. The van der Waals surface area contributed by atoms with Crippen LogP contribution < -0.4 is 4.74 Å². The van der Waals surface area contributed by atoms with Gasteiger partial charge in [-0.25, -0.2) is 4.98 Å². The molecule has 0 atom stereocenters. The molecule has 0 N–H and O–H groups in total. The normalized spacial score (nSPS) is 10.5. The molecular weight excluding hydrogens is 372 g/mol. The SMILES string of the molecule is CCCc1nc(Br)cc(OCc2ccccc2Br)n1. The monoisotopic (exact) mass is 384 g/mol. The Balaban J connectivity index is 2.09. The second-order valence-electron chi connectivity index (χ2n) is 4.08. The first-order chi connectivity index (χ1) is 9.19. The van der Waals surface area contributed by atoms with E-state index in [0.717, 1.165) is 33.3 Å². The number of nitrogens with zero attached hydrogens (tertiary/aromatic N) is 2. The van der Waals surface area contributed by atoms with E-state index in [-0.39, 0.29) is 0 Å². The Morgan fingerprint density at radius 1 is 1.16 bits per heavy atom. The lowest BCUT2D eigenvalue weighted by atomic mass is 10.2. The van der Waals surface area contributed by atoms with Crippen molar-refractivity contribution in [3.8, 4) is 5.88 Å². The van der Waals surface area contributed by atoms with Gasteiger partial charge in [0, 0.05) is 22.5 Å². The van der Waals surface area contributed by atoms with Gasteiger partial charge < -0.3 is 4.74 Å². The molecule has 0 unspecified atom stereocenters. The van der Waals surface area contributed by atoms with Crippen LogP contribution in [0.25, 0.3) is 0 Å². The maximum Gasteiger partial charge on any atom is 0.218 e. The van der Waals surface area contributed by atoms with Crippen LogP contribution >= 0.6 is 31.9 Å². The van der Waals surface area contributed by atoms with Gasteiger partial charge in [-0.15, -0.1) is 0 Å². The Bertz CT molecular complexity index is 561. The van der Waals surface area contributed by atoms with Gasteiger partial charge in [-0.2, -0.15) is 4.98 Å². The first-order valence-electron chi connectivity index (χ1n) is 6.08. The van der Waals surface area contributed by atoms with E-state index in [1.807, 2.05) is 24.3 Å². The molecule has 0 aliphatic rings. The van der Waals surface area contributed by atoms with Crippen LogP contribution in [0.5, 0.6) is 5.88 Å². The topological polar surface area (TPSA) is 35.0 Å². The van der Waals surface area contributed by atoms with E-state index in [1.165, 1.54) is 0 Å². The van der Waals surface area contributed by atoms with Crippen molar-refractivity contribution < 1.29 is 4.74 Å². The molecule has 0 fully saturated rings. The smallest absolute Gasteiger partial charge is 0.218 e. The second kappa shape index (κ2) is 7.01. The van der Waals surface area contributed by atoms with E-state index >= 15 is 0 Å². The molecule has 0 saturated heterocycles. The van der Waals surface area contributed by atoms with Gasteiger partial charge >= 0.3 is 0 Å². The molecule has 1 heterocycles. The second-order valence-corrected chi connectivity index (χ2v) is 5.74. The molecule has 0 aliphatic carbocycles. The molecule has 1 aromatic heterocycles. The lowest BCUT2D eigenvalue weighted by Crippen LogP contribution is -2.02. The molecule has 0 radical (unpaired) electrons. The average molecular weight is 386 g/mol. The Labute approximate surface area is 129 Å². The molecule has 0 spiro atoms. The first-order valence-corrected chi connectivity index (χ1v) is 7.67. The van der Waals surface area contributed by atoms with Crippen LogP contribution in [0.2, 0.25) is 0 Å². The molecule has 19 heavy (non-hydrogen) atoms. The minimum Gasteiger partial charge on any atom is -0.473 e. The summed E-state index contributed by atoms with van der Waals surface area (Å²) in [5.74, 6) is 1.40. The molecule has 0 aliphatic heterocycles. The van der Waals surface area contributed by atoms with Gasteiger partial charge in [0.15, 0.2) is 0 Å². The van der Waals surface area contributed by atoms with Crippen LogP contribution in [0.15, 0.2) is 39.4 Å². The van der Waals surface area contributed by atoms with E-state index in [0.29, 0.717) is 12.5 Å². The van der Waals surface area contributed by atoms with Crippen molar-refractivity contribution in [3.05, 3.63) is 50.8 Å². The highest BCUT2D eigenvalue weighted by molar-refractivity contribution is 9.10. The number of hydrogen-bond acceptors (Lipinski definition) is 3. The van der Waals surface area contributed by atoms with Crippen molar-refractivity contribution in [2.24, 2.45) is 0 Å². The third kappa shape index (κ3) is 4.28. The highest BCUT2D eigenvalue weighted by Crippen LogP contribution is 2.20. The number of ether oxygens (including phenoxy) is 1. The summed E-state index contributed by atoms with van der Waals surface area (Å²) in [7, 11) is 0. The molecule has 2 rings (SSSR count). The number of aromatic nitrogens is 2. The maximum absolute atomic E-state index is 5.73. The van der Waals surface area contributed by atoms with E-state index in [1.54, 1.807) is 6.07 Å². The molecule has 1 aromatic carbocycles. The summed E-state index contributed by atoms with van der Waals surface area (Å²) in [6, 6.07) is 9.77. The summed E-state index contributed by atoms with van der Waals surface area (Å²) in [5, 5.41) is 0. The minimum atomic E-state index is 0.483. The number of halogens is 2. The van der Waals surface area contributed by atoms with Gasteiger partial charge in [0.2, 0.25) is 5.88 Å². The van der Waals surface area contributed by atoms with Crippen molar-refractivity contribution in [3.63, 3.8) is 0 Å². The quantitative estimate of drug-likeness (QED) is 0.709. The average Bonchev–Trinajstić information content (AvgIpc) is 2.37. The van der Waals surface area contributed by atoms with Crippen LogP contribution in [0.3, 0.4) is 0 Å². The zero-order valence-electron chi connectivity index (χ0n) is 10.6. The van der Waals surface area contributed by atoms with Crippen LogP contribution in [-0.4, -0.2) is 9.97 Å². The van der Waals surface area contributed by atoms with Gasteiger partial charge in [0.05, 0.1) is 0 Å². The zero-order valence-corrected chi connectivity index (χ0v) is 13.7. The Hall–Kier alpha value is -0.940. The van der Waals surface area contributed by atoms with Crippen molar-refractivity contribution in [1.82, 2.24) is 9.97 Å². The molecule has 2 aromatic rings. The Morgan fingerprint density at radius 2 is 1.95 bits per heavy atom. The maximum atomic E-state index is 5.73. The third-order valence-electron chi connectivity index (χ3n) is 2.52. The summed E-state index contributed by atoms with van der Waals surface area (Å²) < 4.78 is 7.53. The molecular formula is C14H14Br2N2O. The standard InChI is InChI=1S/C14H14Br2N2O/c1-2-5-13-17-12(16)8-14(18-13)19-9-10-6-3-4-7-11(10)15/h3-4,6-8H,2,5,9H2,1H3. The van der Waals surface area contributed by atoms with Crippen molar-refractivity contribution in [1.29, 1.82) is 0 Å².